The number of aromatic hydroxyl groups is 1. The monoisotopic (exact) mass is 258 g/mol. The Balaban J connectivity index is 2.01. The lowest BCUT2D eigenvalue weighted by Crippen LogP contribution is -2.04. The van der Waals surface area contributed by atoms with Crippen molar-refractivity contribution in [2.45, 2.75) is 51.4 Å². The van der Waals surface area contributed by atoms with E-state index in [1.165, 1.54) is 25.7 Å². The highest BCUT2D eigenvalue weighted by Gasteiger charge is 2.34. The predicted octanol–water partition coefficient (Wildman–Crippen LogP) is 4.23. The Morgan fingerprint density at radius 2 is 1.47 bits per heavy atom. The number of phenols is 1. The maximum Gasteiger partial charge on any atom is 0.150 e. The number of phenolic OH excluding ortho intramolecular Hbond substituents is 1. The van der Waals surface area contributed by atoms with Crippen LogP contribution in [0.15, 0.2) is 12.1 Å². The standard InChI is InChI=1S/C17H22O2/c1-10(13-3-4-13)15-7-12(9-18)8-16(17(15)19)11(2)14-5-6-14/h7-11,13-14,19H,3-6H2,1-2H3. The largest absolute Gasteiger partial charge is 0.507 e. The molecule has 0 aliphatic heterocycles. The molecule has 2 nitrogen and oxygen atoms in total. The smallest absolute Gasteiger partial charge is 0.150 e. The lowest BCUT2D eigenvalue weighted by Gasteiger charge is -2.20. The van der Waals surface area contributed by atoms with Crippen LogP contribution in [0.3, 0.4) is 0 Å². The summed E-state index contributed by atoms with van der Waals surface area (Å²) in [4.78, 5) is 11.2. The van der Waals surface area contributed by atoms with Crippen LogP contribution in [0.25, 0.3) is 0 Å². The Kier molecular flexibility index (Phi) is 3.12. The zero-order valence-electron chi connectivity index (χ0n) is 11.7. The van der Waals surface area contributed by atoms with E-state index in [9.17, 15) is 9.90 Å². The van der Waals surface area contributed by atoms with Crippen LogP contribution in [-0.4, -0.2) is 11.4 Å². The molecule has 0 aromatic heterocycles. The number of hydrogen-bond acceptors (Lipinski definition) is 2. The number of hydrogen-bond donors (Lipinski definition) is 1. The molecule has 102 valence electrons. The van der Waals surface area contributed by atoms with Gasteiger partial charge < -0.3 is 5.11 Å². The summed E-state index contributed by atoms with van der Waals surface area (Å²) < 4.78 is 0. The Hall–Kier alpha value is -1.31. The summed E-state index contributed by atoms with van der Waals surface area (Å²) in [5.41, 5.74) is 2.67. The van der Waals surface area contributed by atoms with Gasteiger partial charge in [0.05, 0.1) is 0 Å². The van der Waals surface area contributed by atoms with Gasteiger partial charge in [0, 0.05) is 5.56 Å². The maximum atomic E-state index is 11.2. The zero-order valence-corrected chi connectivity index (χ0v) is 11.7. The molecule has 2 aliphatic rings. The zero-order chi connectivity index (χ0) is 13.6. The van der Waals surface area contributed by atoms with E-state index < -0.39 is 0 Å². The van der Waals surface area contributed by atoms with Crippen molar-refractivity contribution in [3.8, 4) is 5.75 Å². The highest BCUT2D eigenvalue weighted by molar-refractivity contribution is 5.77. The van der Waals surface area contributed by atoms with E-state index >= 15 is 0 Å². The molecule has 2 fully saturated rings. The molecule has 2 heteroatoms. The highest BCUT2D eigenvalue weighted by atomic mass is 16.3. The number of aldehydes is 1. The number of rotatable bonds is 5. The number of carbonyl (C=O) groups is 1. The van der Waals surface area contributed by atoms with Crippen molar-refractivity contribution in [1.82, 2.24) is 0 Å². The molecule has 2 unspecified atom stereocenters. The summed E-state index contributed by atoms with van der Waals surface area (Å²) >= 11 is 0. The molecule has 3 rings (SSSR count). The van der Waals surface area contributed by atoms with Gasteiger partial charge in [-0.15, -0.1) is 0 Å². The van der Waals surface area contributed by atoms with Crippen molar-refractivity contribution in [3.63, 3.8) is 0 Å². The quantitative estimate of drug-likeness (QED) is 0.802. The van der Waals surface area contributed by atoms with Crippen LogP contribution >= 0.6 is 0 Å². The summed E-state index contributed by atoms with van der Waals surface area (Å²) in [6.45, 7) is 4.35. The molecule has 2 atom stereocenters. The first-order chi connectivity index (χ1) is 9.11. The molecule has 0 saturated heterocycles. The average Bonchev–Trinajstić information content (AvgIpc) is 3.30. The Morgan fingerprint density at radius 3 is 1.79 bits per heavy atom. The fourth-order valence-corrected chi connectivity index (χ4v) is 3.17. The molecule has 2 aliphatic carbocycles. The molecular formula is C17H22O2. The van der Waals surface area contributed by atoms with Crippen molar-refractivity contribution in [2.75, 3.05) is 0 Å². The molecule has 0 heterocycles. The maximum absolute atomic E-state index is 11.2. The Labute approximate surface area is 114 Å². The molecule has 19 heavy (non-hydrogen) atoms. The van der Waals surface area contributed by atoms with E-state index in [1.54, 1.807) is 0 Å². The van der Waals surface area contributed by atoms with E-state index in [2.05, 4.69) is 13.8 Å². The van der Waals surface area contributed by atoms with Gasteiger partial charge in [-0.05, 0) is 72.6 Å². The third-order valence-corrected chi connectivity index (χ3v) is 4.97. The first-order valence-electron chi connectivity index (χ1n) is 7.43. The van der Waals surface area contributed by atoms with Gasteiger partial charge in [0.1, 0.15) is 12.0 Å². The second kappa shape index (κ2) is 4.66. The van der Waals surface area contributed by atoms with Crippen molar-refractivity contribution < 1.29 is 9.90 Å². The molecule has 0 amide bonds. The topological polar surface area (TPSA) is 37.3 Å². The summed E-state index contributed by atoms with van der Waals surface area (Å²) in [7, 11) is 0. The molecule has 2 saturated carbocycles. The second-order valence-corrected chi connectivity index (χ2v) is 6.42. The van der Waals surface area contributed by atoms with Gasteiger partial charge >= 0.3 is 0 Å². The van der Waals surface area contributed by atoms with Crippen molar-refractivity contribution in [1.29, 1.82) is 0 Å². The van der Waals surface area contributed by atoms with E-state index in [4.69, 9.17) is 0 Å². The van der Waals surface area contributed by atoms with Crippen LogP contribution in [0.5, 0.6) is 5.75 Å². The van der Waals surface area contributed by atoms with Crippen LogP contribution < -0.4 is 0 Å². The summed E-state index contributed by atoms with van der Waals surface area (Å²) in [6.07, 6.45) is 5.91. The first-order valence-corrected chi connectivity index (χ1v) is 7.43. The predicted molar refractivity (Wildman–Crippen MR) is 75.8 cm³/mol. The van der Waals surface area contributed by atoms with Gasteiger partial charge in [0.2, 0.25) is 0 Å². The lowest BCUT2D eigenvalue weighted by molar-refractivity contribution is 0.112. The van der Waals surface area contributed by atoms with Gasteiger partial charge in [-0.3, -0.25) is 4.79 Å². The van der Waals surface area contributed by atoms with Crippen LogP contribution in [-0.2, 0) is 0 Å². The van der Waals surface area contributed by atoms with E-state index in [0.29, 0.717) is 35.0 Å². The molecule has 0 radical (unpaired) electrons. The third-order valence-electron chi connectivity index (χ3n) is 4.97. The second-order valence-electron chi connectivity index (χ2n) is 6.42. The Morgan fingerprint density at radius 1 is 1.05 bits per heavy atom. The average molecular weight is 258 g/mol. The van der Waals surface area contributed by atoms with Gasteiger partial charge in [0.15, 0.2) is 0 Å². The third kappa shape index (κ3) is 2.41. The fraction of sp³-hybridized carbons (Fsp3) is 0.588. The minimum absolute atomic E-state index is 0.366. The van der Waals surface area contributed by atoms with Gasteiger partial charge in [-0.2, -0.15) is 0 Å². The van der Waals surface area contributed by atoms with Crippen molar-refractivity contribution in [3.05, 3.63) is 28.8 Å². The van der Waals surface area contributed by atoms with Gasteiger partial charge in [-0.1, -0.05) is 13.8 Å². The number of carbonyl (C=O) groups excluding carboxylic acids is 1. The normalized spacial score (nSPS) is 22.0. The van der Waals surface area contributed by atoms with E-state index in [0.717, 1.165) is 17.4 Å². The summed E-state index contributed by atoms with van der Waals surface area (Å²) in [5.74, 6) is 2.56. The highest BCUT2D eigenvalue weighted by Crippen LogP contribution is 2.49. The molecule has 1 N–H and O–H groups in total. The molecule has 0 bridgehead atoms. The lowest BCUT2D eigenvalue weighted by atomic mass is 9.86. The first kappa shape index (κ1) is 12.7. The van der Waals surface area contributed by atoms with Crippen LogP contribution in [0.4, 0.5) is 0 Å². The minimum Gasteiger partial charge on any atom is -0.507 e. The van der Waals surface area contributed by atoms with Gasteiger partial charge in [-0.25, -0.2) is 0 Å². The minimum atomic E-state index is 0.366. The SMILES string of the molecule is CC(c1cc(C=O)cc(C(C)C2CC2)c1O)C1CC1. The molecular weight excluding hydrogens is 236 g/mol. The fourth-order valence-electron chi connectivity index (χ4n) is 3.17. The van der Waals surface area contributed by atoms with Crippen LogP contribution in [0.2, 0.25) is 0 Å². The van der Waals surface area contributed by atoms with Crippen molar-refractivity contribution >= 4 is 6.29 Å². The summed E-state index contributed by atoms with van der Waals surface area (Å²) in [5, 5.41) is 10.6. The Bertz CT molecular complexity index is 459. The number of benzene rings is 1. The molecule has 0 spiro atoms. The van der Waals surface area contributed by atoms with E-state index in [1.807, 2.05) is 12.1 Å². The molecule has 1 aromatic carbocycles. The van der Waals surface area contributed by atoms with Crippen LogP contribution in [0.1, 0.15) is 72.9 Å². The van der Waals surface area contributed by atoms with Crippen molar-refractivity contribution in [2.24, 2.45) is 11.8 Å². The summed E-state index contributed by atoms with van der Waals surface area (Å²) in [6, 6.07) is 3.77. The van der Waals surface area contributed by atoms with Crippen LogP contribution in [0, 0.1) is 11.8 Å². The van der Waals surface area contributed by atoms with E-state index in [-0.39, 0.29) is 0 Å². The van der Waals surface area contributed by atoms with Gasteiger partial charge in [0.25, 0.3) is 0 Å². The molecule has 1 aromatic rings.